The van der Waals surface area contributed by atoms with Gasteiger partial charge in [0, 0.05) is 18.9 Å². The molecule has 0 radical (unpaired) electrons. The zero-order valence-electron chi connectivity index (χ0n) is 10.1. The van der Waals surface area contributed by atoms with E-state index >= 15 is 0 Å². The van der Waals surface area contributed by atoms with Gasteiger partial charge in [0.2, 0.25) is 5.91 Å². The van der Waals surface area contributed by atoms with Crippen molar-refractivity contribution < 1.29 is 14.3 Å². The van der Waals surface area contributed by atoms with Gasteiger partial charge < -0.3 is 14.4 Å². The van der Waals surface area contributed by atoms with Gasteiger partial charge in [-0.05, 0) is 24.5 Å². The zero-order chi connectivity index (χ0) is 12.6. The Hall–Kier alpha value is -1.68. The molecule has 1 saturated heterocycles. The average Bonchev–Trinajstić information content (AvgIpc) is 2.64. The van der Waals surface area contributed by atoms with E-state index < -0.39 is 5.41 Å². The van der Waals surface area contributed by atoms with Crippen LogP contribution in [-0.2, 0) is 19.7 Å². The Kier molecular flexibility index (Phi) is 2.67. The smallest absolute Gasteiger partial charge is 0.238 e. The molecule has 4 heteroatoms. The highest BCUT2D eigenvalue weighted by atomic mass is 16.5. The van der Waals surface area contributed by atoms with Gasteiger partial charge in [0.05, 0.1) is 12.0 Å². The number of anilines is 1. The number of carbonyl (C=O) groups excluding carboxylic acids is 2. The summed E-state index contributed by atoms with van der Waals surface area (Å²) in [5.41, 5.74) is 1.48. The Labute approximate surface area is 106 Å². The van der Waals surface area contributed by atoms with Crippen molar-refractivity contribution in [2.24, 2.45) is 0 Å². The van der Waals surface area contributed by atoms with Gasteiger partial charge in [-0.25, -0.2) is 0 Å². The van der Waals surface area contributed by atoms with Crippen LogP contribution in [0.3, 0.4) is 0 Å². The van der Waals surface area contributed by atoms with Crippen LogP contribution >= 0.6 is 0 Å². The fourth-order valence-electron chi connectivity index (χ4n) is 3.06. The number of amides is 1. The molecule has 2 aliphatic rings. The number of benzene rings is 1. The highest BCUT2D eigenvalue weighted by Crippen LogP contribution is 2.47. The lowest BCUT2D eigenvalue weighted by molar-refractivity contribution is -0.127. The first-order valence-corrected chi connectivity index (χ1v) is 6.22. The Morgan fingerprint density at radius 1 is 1.28 bits per heavy atom. The lowest BCUT2D eigenvalue weighted by atomic mass is 9.75. The van der Waals surface area contributed by atoms with Crippen LogP contribution in [0.5, 0.6) is 0 Å². The molecule has 18 heavy (non-hydrogen) atoms. The molecule has 0 aromatic heterocycles. The van der Waals surface area contributed by atoms with Crippen LogP contribution in [-0.4, -0.2) is 32.0 Å². The fourth-order valence-corrected chi connectivity index (χ4v) is 3.06. The summed E-state index contributed by atoms with van der Waals surface area (Å²) in [6, 6.07) is 7.78. The SMILES string of the molecule is O=CCN1C(=O)C2(CCOCC2)c2ccccc21. The Morgan fingerprint density at radius 3 is 2.72 bits per heavy atom. The molecule has 0 saturated carbocycles. The van der Waals surface area contributed by atoms with E-state index in [0.717, 1.165) is 17.5 Å². The first kappa shape index (κ1) is 11.4. The van der Waals surface area contributed by atoms with Gasteiger partial charge in [-0.3, -0.25) is 4.79 Å². The number of hydrogen-bond acceptors (Lipinski definition) is 3. The summed E-state index contributed by atoms with van der Waals surface area (Å²) in [7, 11) is 0. The van der Waals surface area contributed by atoms with Gasteiger partial charge in [-0.2, -0.15) is 0 Å². The molecular weight excluding hydrogens is 230 g/mol. The fraction of sp³-hybridized carbons (Fsp3) is 0.429. The normalized spacial score (nSPS) is 21.1. The van der Waals surface area contributed by atoms with Crippen LogP contribution in [0.15, 0.2) is 24.3 Å². The molecule has 1 aromatic carbocycles. The first-order valence-electron chi connectivity index (χ1n) is 6.22. The first-order chi connectivity index (χ1) is 8.79. The molecule has 1 fully saturated rings. The third-order valence-electron chi connectivity index (χ3n) is 3.97. The second-order valence-corrected chi connectivity index (χ2v) is 4.79. The summed E-state index contributed by atoms with van der Waals surface area (Å²) >= 11 is 0. The van der Waals surface area contributed by atoms with Crippen molar-refractivity contribution in [1.29, 1.82) is 0 Å². The second kappa shape index (κ2) is 4.21. The van der Waals surface area contributed by atoms with Crippen LogP contribution < -0.4 is 4.90 Å². The van der Waals surface area contributed by atoms with E-state index in [1.165, 1.54) is 0 Å². The molecule has 1 spiro atoms. The van der Waals surface area contributed by atoms with Crippen molar-refractivity contribution in [3.63, 3.8) is 0 Å². The number of para-hydroxylation sites is 1. The molecule has 2 aliphatic heterocycles. The van der Waals surface area contributed by atoms with Crippen molar-refractivity contribution in [1.82, 2.24) is 0 Å². The van der Waals surface area contributed by atoms with E-state index in [-0.39, 0.29) is 12.5 Å². The van der Waals surface area contributed by atoms with Gasteiger partial charge in [-0.15, -0.1) is 0 Å². The summed E-state index contributed by atoms with van der Waals surface area (Å²) in [4.78, 5) is 25.0. The topological polar surface area (TPSA) is 46.6 Å². The molecule has 0 unspecified atom stereocenters. The van der Waals surface area contributed by atoms with E-state index in [2.05, 4.69) is 0 Å². The van der Waals surface area contributed by atoms with E-state index in [1.807, 2.05) is 24.3 Å². The molecule has 0 N–H and O–H groups in total. The number of aldehydes is 1. The van der Waals surface area contributed by atoms with E-state index in [4.69, 9.17) is 4.74 Å². The van der Waals surface area contributed by atoms with E-state index in [0.29, 0.717) is 26.1 Å². The third-order valence-corrected chi connectivity index (χ3v) is 3.97. The van der Waals surface area contributed by atoms with Crippen molar-refractivity contribution in [3.05, 3.63) is 29.8 Å². The molecule has 94 valence electrons. The summed E-state index contributed by atoms with van der Waals surface area (Å²) in [6.07, 6.45) is 2.20. The largest absolute Gasteiger partial charge is 0.381 e. The lowest BCUT2D eigenvalue weighted by Gasteiger charge is -2.32. The van der Waals surface area contributed by atoms with Crippen molar-refractivity contribution in [2.75, 3.05) is 24.7 Å². The standard InChI is InChI=1S/C14H15NO3/c16-8-7-15-12-4-2-1-3-11(12)14(13(15)17)5-9-18-10-6-14/h1-4,8H,5-7,9-10H2. The second-order valence-electron chi connectivity index (χ2n) is 4.79. The van der Waals surface area contributed by atoms with Crippen LogP contribution in [0, 0.1) is 0 Å². The van der Waals surface area contributed by atoms with E-state index in [9.17, 15) is 9.59 Å². The maximum atomic E-state index is 12.6. The molecule has 3 rings (SSSR count). The van der Waals surface area contributed by atoms with Gasteiger partial charge in [-0.1, -0.05) is 18.2 Å². The summed E-state index contributed by atoms with van der Waals surface area (Å²) in [6.45, 7) is 1.35. The minimum Gasteiger partial charge on any atom is -0.381 e. The minimum absolute atomic E-state index is 0.0547. The predicted octanol–water partition coefficient (Wildman–Crippen LogP) is 1.28. The van der Waals surface area contributed by atoms with Gasteiger partial charge >= 0.3 is 0 Å². The number of rotatable bonds is 2. The van der Waals surface area contributed by atoms with Crippen molar-refractivity contribution in [2.45, 2.75) is 18.3 Å². The summed E-state index contributed by atoms with van der Waals surface area (Å²) < 4.78 is 5.37. The van der Waals surface area contributed by atoms with Crippen LogP contribution in [0.4, 0.5) is 5.69 Å². The number of fused-ring (bicyclic) bond motifs is 2. The van der Waals surface area contributed by atoms with Gasteiger partial charge in [0.15, 0.2) is 0 Å². The number of ether oxygens (including phenoxy) is 1. The summed E-state index contributed by atoms with van der Waals surface area (Å²) in [5, 5.41) is 0. The predicted molar refractivity (Wildman–Crippen MR) is 66.6 cm³/mol. The number of hydrogen-bond donors (Lipinski definition) is 0. The maximum Gasteiger partial charge on any atom is 0.238 e. The van der Waals surface area contributed by atoms with Crippen molar-refractivity contribution in [3.8, 4) is 0 Å². The molecule has 1 aromatic rings. The van der Waals surface area contributed by atoms with E-state index in [1.54, 1.807) is 4.90 Å². The van der Waals surface area contributed by atoms with Gasteiger partial charge in [0.1, 0.15) is 6.29 Å². The molecule has 0 bridgehead atoms. The van der Waals surface area contributed by atoms with Crippen LogP contribution in [0.1, 0.15) is 18.4 Å². The number of carbonyl (C=O) groups is 2. The quantitative estimate of drug-likeness (QED) is 0.737. The molecule has 1 amide bonds. The molecule has 0 aliphatic carbocycles. The highest BCUT2D eigenvalue weighted by Gasteiger charge is 2.50. The lowest BCUT2D eigenvalue weighted by Crippen LogP contribution is -2.44. The summed E-state index contributed by atoms with van der Waals surface area (Å²) in [5.74, 6) is 0.0547. The Bertz CT molecular complexity index is 492. The zero-order valence-corrected chi connectivity index (χ0v) is 10.1. The van der Waals surface area contributed by atoms with Crippen LogP contribution in [0.25, 0.3) is 0 Å². The monoisotopic (exact) mass is 245 g/mol. The molecule has 0 atom stereocenters. The molecule has 4 nitrogen and oxygen atoms in total. The average molecular weight is 245 g/mol. The van der Waals surface area contributed by atoms with Gasteiger partial charge in [0.25, 0.3) is 0 Å². The Balaban J connectivity index is 2.11. The van der Waals surface area contributed by atoms with Crippen molar-refractivity contribution >= 4 is 17.9 Å². The number of nitrogens with zero attached hydrogens (tertiary/aromatic N) is 1. The van der Waals surface area contributed by atoms with Crippen LogP contribution in [0.2, 0.25) is 0 Å². The highest BCUT2D eigenvalue weighted by molar-refractivity contribution is 6.09. The molecular formula is C14H15NO3. The molecule has 2 heterocycles. The Morgan fingerprint density at radius 2 is 2.00 bits per heavy atom. The maximum absolute atomic E-state index is 12.6. The third kappa shape index (κ3) is 1.42. The minimum atomic E-state index is -0.460.